The maximum absolute atomic E-state index is 12.6. The van der Waals surface area contributed by atoms with Gasteiger partial charge in [-0.2, -0.15) is 5.10 Å². The van der Waals surface area contributed by atoms with Gasteiger partial charge in [-0.05, 0) is 55.7 Å². The number of nitrogens with zero attached hydrogens (tertiary/aromatic N) is 2. The van der Waals surface area contributed by atoms with Gasteiger partial charge in [-0.3, -0.25) is 4.79 Å². The predicted molar refractivity (Wildman–Crippen MR) is 125 cm³/mol. The fourth-order valence-corrected chi connectivity index (χ4v) is 4.95. The average Bonchev–Trinajstić information content (AvgIpc) is 2.97. The number of methoxy groups -OCH3 is 1. The third kappa shape index (κ3) is 4.28. The number of ether oxygens (including phenoxy) is 2. The van der Waals surface area contributed by atoms with Gasteiger partial charge in [-0.1, -0.05) is 25.1 Å². The zero-order valence-corrected chi connectivity index (χ0v) is 19.1. The number of hydrogen-bond donors (Lipinski definition) is 1. The highest BCUT2D eigenvalue weighted by molar-refractivity contribution is 8.00. The Balaban J connectivity index is 1.81. The van der Waals surface area contributed by atoms with E-state index in [1.165, 1.54) is 0 Å². The van der Waals surface area contributed by atoms with Crippen molar-refractivity contribution in [2.24, 2.45) is 0 Å². The Bertz CT molecular complexity index is 1110. The minimum Gasteiger partial charge on any atom is -0.493 e. The monoisotopic (exact) mass is 437 g/mol. The van der Waals surface area contributed by atoms with Gasteiger partial charge in [-0.15, -0.1) is 11.8 Å². The first-order valence-electron chi connectivity index (χ1n) is 10.4. The molecule has 6 nitrogen and oxygen atoms in total. The molecule has 0 saturated carbocycles. The molecular weight excluding hydrogens is 410 g/mol. The molecule has 7 heteroatoms. The fraction of sp³-hybridized carbons (Fsp3) is 0.333. The second-order valence-corrected chi connectivity index (χ2v) is 8.69. The summed E-state index contributed by atoms with van der Waals surface area (Å²) in [7, 11) is 1.65. The van der Waals surface area contributed by atoms with Crippen LogP contribution in [-0.4, -0.2) is 35.2 Å². The predicted octanol–water partition coefficient (Wildman–Crippen LogP) is 5.06. The van der Waals surface area contributed by atoms with Crippen molar-refractivity contribution in [2.45, 2.75) is 32.4 Å². The van der Waals surface area contributed by atoms with Gasteiger partial charge in [0.15, 0.2) is 11.5 Å². The van der Waals surface area contributed by atoms with Crippen LogP contribution in [0.15, 0.2) is 42.5 Å². The van der Waals surface area contributed by atoms with E-state index in [0.29, 0.717) is 18.1 Å². The van der Waals surface area contributed by atoms with Crippen molar-refractivity contribution in [3.63, 3.8) is 0 Å². The lowest BCUT2D eigenvalue weighted by Crippen LogP contribution is -2.15. The van der Waals surface area contributed by atoms with Gasteiger partial charge in [0.2, 0.25) is 5.91 Å². The highest BCUT2D eigenvalue weighted by Gasteiger charge is 2.31. The van der Waals surface area contributed by atoms with Gasteiger partial charge >= 0.3 is 0 Å². The molecular formula is C24H27N3O3S. The largest absolute Gasteiger partial charge is 0.493 e. The first kappa shape index (κ1) is 21.3. The topological polar surface area (TPSA) is 65.4 Å². The van der Waals surface area contributed by atoms with Crippen LogP contribution in [0.5, 0.6) is 11.5 Å². The molecule has 0 radical (unpaired) electrons. The van der Waals surface area contributed by atoms with Crippen molar-refractivity contribution in [3.05, 3.63) is 64.8 Å². The number of carbonyl (C=O) groups is 1. The summed E-state index contributed by atoms with van der Waals surface area (Å²) in [4.78, 5) is 12.6. The van der Waals surface area contributed by atoms with Crippen molar-refractivity contribution >= 4 is 23.5 Å². The summed E-state index contributed by atoms with van der Waals surface area (Å²) in [6.07, 6.45) is 0.928. The number of carbonyl (C=O) groups excluding carboxylic acids is 1. The van der Waals surface area contributed by atoms with Crippen LogP contribution in [-0.2, 0) is 4.79 Å². The highest BCUT2D eigenvalue weighted by Crippen LogP contribution is 2.45. The van der Waals surface area contributed by atoms with Gasteiger partial charge in [0.1, 0.15) is 5.82 Å². The van der Waals surface area contributed by atoms with Crippen molar-refractivity contribution < 1.29 is 14.3 Å². The molecule has 1 aliphatic heterocycles. The molecule has 2 heterocycles. The lowest BCUT2D eigenvalue weighted by Gasteiger charge is -2.18. The number of aryl methyl sites for hydroxylation is 2. The zero-order chi connectivity index (χ0) is 22.0. The third-order valence-corrected chi connectivity index (χ3v) is 6.48. The summed E-state index contributed by atoms with van der Waals surface area (Å²) in [5.41, 5.74) is 5.02. The van der Waals surface area contributed by atoms with Crippen molar-refractivity contribution in [1.82, 2.24) is 9.78 Å². The number of aromatic nitrogens is 2. The van der Waals surface area contributed by atoms with Crippen molar-refractivity contribution in [1.29, 1.82) is 0 Å². The third-order valence-electron chi connectivity index (χ3n) is 5.21. The van der Waals surface area contributed by atoms with Crippen molar-refractivity contribution in [2.75, 3.05) is 24.8 Å². The first-order chi connectivity index (χ1) is 15.0. The standard InChI is InChI=1S/C24H27N3O3S/c1-5-11-30-19-10-9-17(13-20(19)29-4)23-22-16(3)26-27(18-8-6-7-15(2)12-18)24(22)25-21(28)14-31-23/h6-10,12-13,23H,5,11,14H2,1-4H3,(H,25,28)/t23-/m0/s1. The number of anilines is 1. The molecule has 1 amide bonds. The molecule has 1 atom stereocenters. The summed E-state index contributed by atoms with van der Waals surface area (Å²) >= 11 is 1.59. The Morgan fingerprint density at radius 1 is 1.19 bits per heavy atom. The highest BCUT2D eigenvalue weighted by atomic mass is 32.2. The van der Waals surface area contributed by atoms with Crippen LogP contribution >= 0.6 is 11.8 Å². The minimum absolute atomic E-state index is 0.0302. The number of hydrogen-bond acceptors (Lipinski definition) is 5. The molecule has 2 aromatic carbocycles. The van der Waals surface area contributed by atoms with E-state index in [-0.39, 0.29) is 11.2 Å². The number of benzene rings is 2. The van der Waals surface area contributed by atoms with Gasteiger partial charge in [0, 0.05) is 5.56 Å². The normalized spacial score (nSPS) is 15.7. The maximum atomic E-state index is 12.6. The van der Waals surface area contributed by atoms with Crippen LogP contribution in [0.25, 0.3) is 5.69 Å². The summed E-state index contributed by atoms with van der Waals surface area (Å²) < 4.78 is 13.2. The molecule has 0 fully saturated rings. The molecule has 1 aromatic heterocycles. The second kappa shape index (κ2) is 9.06. The SMILES string of the molecule is CCCOc1ccc([C@@H]2SCC(=O)Nc3c2c(C)nn3-c2cccc(C)c2)cc1OC. The van der Waals surface area contributed by atoms with Crippen LogP contribution in [0.4, 0.5) is 5.82 Å². The smallest absolute Gasteiger partial charge is 0.235 e. The minimum atomic E-state index is -0.0540. The van der Waals surface area contributed by atoms with E-state index >= 15 is 0 Å². The molecule has 0 bridgehead atoms. The van der Waals surface area contributed by atoms with Gasteiger partial charge in [-0.25, -0.2) is 4.68 Å². The molecule has 0 spiro atoms. The lowest BCUT2D eigenvalue weighted by molar-refractivity contribution is -0.113. The molecule has 0 saturated heterocycles. The van der Waals surface area contributed by atoms with E-state index < -0.39 is 0 Å². The van der Waals surface area contributed by atoms with Crippen LogP contribution in [0.2, 0.25) is 0 Å². The number of thioether (sulfide) groups is 1. The van der Waals surface area contributed by atoms with Crippen LogP contribution in [0.1, 0.15) is 41.0 Å². The zero-order valence-electron chi connectivity index (χ0n) is 18.3. The number of rotatable bonds is 6. The van der Waals surface area contributed by atoms with E-state index in [0.717, 1.165) is 46.1 Å². The summed E-state index contributed by atoms with van der Waals surface area (Å²) in [6, 6.07) is 14.1. The number of amides is 1. The van der Waals surface area contributed by atoms with E-state index in [2.05, 4.69) is 18.3 Å². The van der Waals surface area contributed by atoms with E-state index in [4.69, 9.17) is 14.6 Å². The van der Waals surface area contributed by atoms with Crippen LogP contribution in [0, 0.1) is 13.8 Å². The van der Waals surface area contributed by atoms with E-state index in [1.807, 2.05) is 54.9 Å². The fourth-order valence-electron chi connectivity index (χ4n) is 3.77. The molecule has 1 N–H and O–H groups in total. The molecule has 3 aromatic rings. The molecule has 0 unspecified atom stereocenters. The van der Waals surface area contributed by atoms with E-state index in [9.17, 15) is 4.79 Å². The van der Waals surface area contributed by atoms with Gasteiger partial charge < -0.3 is 14.8 Å². The second-order valence-electron chi connectivity index (χ2n) is 7.60. The van der Waals surface area contributed by atoms with Gasteiger partial charge in [0.05, 0.1) is 36.1 Å². The number of nitrogens with one attached hydrogen (secondary N) is 1. The quantitative estimate of drug-likeness (QED) is 0.584. The average molecular weight is 438 g/mol. The van der Waals surface area contributed by atoms with E-state index in [1.54, 1.807) is 18.9 Å². The van der Waals surface area contributed by atoms with Gasteiger partial charge in [0.25, 0.3) is 0 Å². The molecule has 1 aliphatic rings. The molecule has 4 rings (SSSR count). The molecule has 162 valence electrons. The summed E-state index contributed by atoms with van der Waals surface area (Å²) in [5, 5.41) is 7.82. The number of fused-ring (bicyclic) bond motifs is 1. The van der Waals surface area contributed by atoms with Crippen molar-refractivity contribution in [3.8, 4) is 17.2 Å². The summed E-state index contributed by atoms with van der Waals surface area (Å²) in [5.74, 6) is 2.49. The Kier molecular flexibility index (Phi) is 6.23. The molecule has 31 heavy (non-hydrogen) atoms. The Hall–Kier alpha value is -2.93. The Morgan fingerprint density at radius 3 is 2.77 bits per heavy atom. The summed E-state index contributed by atoms with van der Waals surface area (Å²) in [6.45, 7) is 6.75. The van der Waals surface area contributed by atoms with Crippen LogP contribution < -0.4 is 14.8 Å². The molecule has 0 aliphatic carbocycles. The lowest BCUT2D eigenvalue weighted by atomic mass is 10.0. The Labute approximate surface area is 186 Å². The Morgan fingerprint density at radius 2 is 2.03 bits per heavy atom. The first-order valence-corrected chi connectivity index (χ1v) is 11.5. The maximum Gasteiger partial charge on any atom is 0.235 e. The van der Waals surface area contributed by atoms with Crippen LogP contribution in [0.3, 0.4) is 0 Å².